The average Bonchev–Trinajstić information content (AvgIpc) is 3.54. The van der Waals surface area contributed by atoms with Gasteiger partial charge < -0.3 is 28.8 Å². The molecule has 3 saturated heterocycles. The Kier molecular flexibility index (Phi) is 6.13. The molecule has 3 heterocycles. The zero-order chi connectivity index (χ0) is 28.6. The van der Waals surface area contributed by atoms with E-state index in [0.29, 0.717) is 40.5 Å². The van der Waals surface area contributed by atoms with E-state index in [1.165, 1.54) is 38.5 Å². The number of carbonyl (C=O) groups excluding carboxylic acids is 1. The third kappa shape index (κ3) is 3.40. The summed E-state index contributed by atoms with van der Waals surface area (Å²) in [5.74, 6) is 1.88. The highest BCUT2D eigenvalue weighted by atomic mass is 16.7. The van der Waals surface area contributed by atoms with E-state index in [4.69, 9.17) is 18.9 Å². The first-order valence-electron chi connectivity index (χ1n) is 16.9. The third-order valence-corrected chi connectivity index (χ3v) is 15.4. The molecule has 5 saturated carbocycles. The van der Waals surface area contributed by atoms with Crippen molar-refractivity contribution in [3.63, 3.8) is 0 Å². The Hall–Kier alpha value is -0.570. The Morgan fingerprint density at radius 1 is 1.00 bits per heavy atom. The summed E-state index contributed by atoms with van der Waals surface area (Å²) in [4.78, 5) is 14.3. The molecule has 0 radical (unpaired) electrons. The molecule has 0 aromatic carbocycles. The maximum Gasteiger partial charge on any atom is 0.170 e. The Morgan fingerprint density at radius 3 is 2.49 bits per heavy atom. The first kappa shape index (κ1) is 27.9. The minimum Gasteiger partial charge on any atom is -0.390 e. The highest BCUT2D eigenvalue weighted by molar-refractivity contribution is 5.56. The van der Waals surface area contributed by atoms with Crippen LogP contribution in [0.25, 0.3) is 0 Å². The van der Waals surface area contributed by atoms with Crippen LogP contribution in [0.5, 0.6) is 0 Å². The predicted octanol–water partition coefficient (Wildman–Crippen LogP) is 4.44. The van der Waals surface area contributed by atoms with Gasteiger partial charge in [-0.2, -0.15) is 0 Å². The fraction of sp³-hybridized carbons (Fsp3) is 0.971. The van der Waals surface area contributed by atoms with E-state index >= 15 is 0 Å². The molecule has 8 aliphatic rings. The summed E-state index contributed by atoms with van der Waals surface area (Å²) >= 11 is 0. The van der Waals surface area contributed by atoms with Crippen molar-refractivity contribution in [1.29, 1.82) is 0 Å². The van der Waals surface area contributed by atoms with E-state index in [0.717, 1.165) is 52.0 Å². The lowest BCUT2D eigenvalue weighted by Gasteiger charge is -2.64. The van der Waals surface area contributed by atoms with Crippen molar-refractivity contribution < 1.29 is 28.8 Å². The van der Waals surface area contributed by atoms with Gasteiger partial charge in [-0.3, -0.25) is 4.90 Å². The molecule has 1 N–H and O–H groups in total. The van der Waals surface area contributed by atoms with Gasteiger partial charge in [-0.15, -0.1) is 0 Å². The fourth-order valence-electron chi connectivity index (χ4n) is 13.3. The fourth-order valence-corrected chi connectivity index (χ4v) is 13.3. The van der Waals surface area contributed by atoms with Gasteiger partial charge in [0.15, 0.2) is 6.29 Å². The standard InChI is InChI=1S/C34H53NO6/c1-20-14-22(16-36)40-28-27(20)31(4)10-11-34-19-33(34)9-8-25(41-26-15-35(12-13-39-26)21-17-38-18-21)30(2,3)23(33)6-7-24(34)32(31,5)29(28)37/h16,20-29,37H,6-15,17-19H2,1-5H3. The highest BCUT2D eigenvalue weighted by Crippen LogP contribution is 2.89. The van der Waals surface area contributed by atoms with Gasteiger partial charge in [0.05, 0.1) is 50.7 Å². The van der Waals surface area contributed by atoms with Gasteiger partial charge in [0.1, 0.15) is 12.4 Å². The van der Waals surface area contributed by atoms with Gasteiger partial charge in [-0.1, -0.05) is 34.6 Å². The smallest absolute Gasteiger partial charge is 0.170 e. The summed E-state index contributed by atoms with van der Waals surface area (Å²) in [6.07, 6.45) is 9.27. The van der Waals surface area contributed by atoms with E-state index in [9.17, 15) is 9.90 Å². The number of ether oxygens (including phenoxy) is 4. The van der Waals surface area contributed by atoms with E-state index in [-0.39, 0.29) is 40.8 Å². The molecule has 3 aliphatic heterocycles. The van der Waals surface area contributed by atoms with Crippen molar-refractivity contribution in [3.8, 4) is 0 Å². The zero-order valence-corrected chi connectivity index (χ0v) is 26.0. The van der Waals surface area contributed by atoms with E-state index < -0.39 is 6.10 Å². The first-order chi connectivity index (χ1) is 19.5. The second-order valence-electron chi connectivity index (χ2n) is 16.8. The quantitative estimate of drug-likeness (QED) is 0.500. The van der Waals surface area contributed by atoms with Crippen LogP contribution in [-0.4, -0.2) is 86.0 Å². The molecular formula is C34H53NO6. The Balaban J connectivity index is 1.04. The summed E-state index contributed by atoms with van der Waals surface area (Å²) in [6.45, 7) is 16.4. The zero-order valence-electron chi connectivity index (χ0n) is 26.0. The molecule has 13 unspecified atom stereocenters. The lowest BCUT2D eigenvalue weighted by molar-refractivity contribution is -0.256. The number of hydrogen-bond acceptors (Lipinski definition) is 7. The number of fused-ring (bicyclic) bond motifs is 4. The van der Waals surface area contributed by atoms with Gasteiger partial charge in [-0.05, 0) is 96.7 Å². The van der Waals surface area contributed by atoms with Gasteiger partial charge in [-0.25, -0.2) is 0 Å². The summed E-state index contributed by atoms with van der Waals surface area (Å²) in [5.41, 5.74) is 0.663. The normalized spacial score (nSPS) is 57.8. The number of carbonyl (C=O) groups is 1. The van der Waals surface area contributed by atoms with Crippen LogP contribution in [0.4, 0.5) is 0 Å². The molecule has 13 atom stereocenters. The molecule has 0 aromatic heterocycles. The van der Waals surface area contributed by atoms with Crippen LogP contribution >= 0.6 is 0 Å². The first-order valence-corrected chi connectivity index (χ1v) is 16.9. The van der Waals surface area contributed by atoms with Crippen LogP contribution in [0.2, 0.25) is 0 Å². The second kappa shape index (κ2) is 9.00. The Morgan fingerprint density at radius 2 is 1.76 bits per heavy atom. The van der Waals surface area contributed by atoms with Gasteiger partial charge in [0.2, 0.25) is 0 Å². The number of nitrogens with zero attached hydrogens (tertiary/aromatic N) is 1. The number of hydrogen-bond donors (Lipinski definition) is 1. The molecular weight excluding hydrogens is 518 g/mol. The van der Waals surface area contributed by atoms with Crippen molar-refractivity contribution in [2.45, 2.75) is 123 Å². The van der Waals surface area contributed by atoms with Crippen LogP contribution in [0.3, 0.4) is 0 Å². The molecule has 7 nitrogen and oxygen atoms in total. The molecule has 0 aromatic rings. The molecule has 5 aliphatic carbocycles. The van der Waals surface area contributed by atoms with E-state index in [1.54, 1.807) is 0 Å². The second-order valence-corrected chi connectivity index (χ2v) is 16.8. The van der Waals surface area contributed by atoms with Gasteiger partial charge >= 0.3 is 0 Å². The van der Waals surface area contributed by atoms with Crippen LogP contribution in [0.1, 0.15) is 86.0 Å². The summed E-state index contributed by atoms with van der Waals surface area (Å²) in [7, 11) is 0. The summed E-state index contributed by atoms with van der Waals surface area (Å²) in [5, 5.41) is 12.2. The molecule has 8 rings (SSSR count). The molecule has 8 fully saturated rings. The molecule has 0 amide bonds. The van der Waals surface area contributed by atoms with Gasteiger partial charge in [0, 0.05) is 12.0 Å². The highest BCUT2D eigenvalue weighted by Gasteiger charge is 2.84. The topological polar surface area (TPSA) is 77.5 Å². The van der Waals surface area contributed by atoms with Crippen LogP contribution in [-0.2, 0) is 23.7 Å². The van der Waals surface area contributed by atoms with Crippen LogP contribution in [0, 0.1) is 50.7 Å². The maximum absolute atomic E-state index is 12.2. The van der Waals surface area contributed by atoms with Crippen molar-refractivity contribution in [3.05, 3.63) is 0 Å². The van der Waals surface area contributed by atoms with Crippen LogP contribution < -0.4 is 0 Å². The minimum absolute atomic E-state index is 0.0440. The third-order valence-electron chi connectivity index (χ3n) is 15.4. The average molecular weight is 572 g/mol. The number of aliphatic hydroxyl groups excluding tert-OH is 1. The Bertz CT molecular complexity index is 1080. The van der Waals surface area contributed by atoms with Gasteiger partial charge in [0.25, 0.3) is 0 Å². The number of aliphatic hydroxyl groups is 1. The lowest BCUT2D eigenvalue weighted by atomic mass is 9.41. The maximum atomic E-state index is 12.2. The molecule has 2 spiro atoms. The minimum atomic E-state index is -0.501. The van der Waals surface area contributed by atoms with Crippen LogP contribution in [0.15, 0.2) is 0 Å². The summed E-state index contributed by atoms with van der Waals surface area (Å²) in [6, 6.07) is 0.528. The van der Waals surface area contributed by atoms with Crippen molar-refractivity contribution in [2.75, 3.05) is 32.9 Å². The van der Waals surface area contributed by atoms with E-state index in [2.05, 4.69) is 39.5 Å². The van der Waals surface area contributed by atoms with Crippen molar-refractivity contribution >= 4 is 6.29 Å². The summed E-state index contributed by atoms with van der Waals surface area (Å²) < 4.78 is 24.9. The monoisotopic (exact) mass is 571 g/mol. The largest absolute Gasteiger partial charge is 0.390 e. The van der Waals surface area contributed by atoms with Crippen molar-refractivity contribution in [2.24, 2.45) is 50.7 Å². The number of morpholine rings is 1. The SMILES string of the molecule is CC1CC(C=O)OC2C1C1(C)CCC34CC35CCC(OC3CN(C6COC6)CCO3)C(C)(C)C5CCC4C1(C)C2O. The predicted molar refractivity (Wildman–Crippen MR) is 153 cm³/mol. The molecule has 41 heavy (non-hydrogen) atoms. The van der Waals surface area contributed by atoms with Crippen molar-refractivity contribution in [1.82, 2.24) is 4.90 Å². The molecule has 230 valence electrons. The number of aldehydes is 1. The lowest BCUT2D eigenvalue weighted by Crippen LogP contribution is -2.60. The Labute approximate surface area is 246 Å². The van der Waals surface area contributed by atoms with E-state index in [1.807, 2.05) is 0 Å². The molecule has 7 heteroatoms. The molecule has 0 bridgehead atoms. The number of rotatable bonds is 4.